The molecule has 1 aliphatic carbocycles. The van der Waals surface area contributed by atoms with Gasteiger partial charge in [0, 0.05) is 21.6 Å². The highest BCUT2D eigenvalue weighted by atomic mass is 79.9. The van der Waals surface area contributed by atoms with E-state index in [9.17, 15) is 4.79 Å². The van der Waals surface area contributed by atoms with Gasteiger partial charge in [-0.15, -0.1) is 0 Å². The number of hydrogen-bond acceptors (Lipinski definition) is 2. The first-order chi connectivity index (χ1) is 9.65. The normalized spacial score (nSPS) is 16.1. The van der Waals surface area contributed by atoms with Crippen LogP contribution in [0.5, 0.6) is 0 Å². The van der Waals surface area contributed by atoms with E-state index in [0.717, 1.165) is 17.3 Å². The van der Waals surface area contributed by atoms with Crippen LogP contribution in [-0.4, -0.2) is 25.2 Å². The molecule has 1 fully saturated rings. The highest BCUT2D eigenvalue weighted by Crippen LogP contribution is 2.20. The predicted molar refractivity (Wildman–Crippen MR) is 84.3 cm³/mol. The van der Waals surface area contributed by atoms with Gasteiger partial charge in [-0.05, 0) is 31.0 Å². The molecule has 0 heterocycles. The standard InChI is InChI=1S/C15H19BrClNO2/c16-12-8-11(9-13(17)10-12)15(19)18-6-7-20-14-4-2-1-3-5-14/h8-10,14H,1-7H2,(H,18,19). The Bertz CT molecular complexity index is 441. The topological polar surface area (TPSA) is 38.3 Å². The summed E-state index contributed by atoms with van der Waals surface area (Å²) in [5.74, 6) is -0.125. The third kappa shape index (κ3) is 5.08. The van der Waals surface area contributed by atoms with Crippen molar-refractivity contribution in [2.45, 2.75) is 38.2 Å². The number of carbonyl (C=O) groups is 1. The maximum absolute atomic E-state index is 12.0. The minimum atomic E-state index is -0.125. The molecule has 2 rings (SSSR count). The van der Waals surface area contributed by atoms with Crippen LogP contribution in [0.15, 0.2) is 22.7 Å². The zero-order chi connectivity index (χ0) is 14.4. The lowest BCUT2D eigenvalue weighted by Crippen LogP contribution is -2.29. The highest BCUT2D eigenvalue weighted by Gasteiger charge is 2.13. The molecule has 1 saturated carbocycles. The van der Waals surface area contributed by atoms with Gasteiger partial charge in [-0.1, -0.05) is 46.8 Å². The molecular formula is C15H19BrClNO2. The van der Waals surface area contributed by atoms with E-state index in [1.165, 1.54) is 19.3 Å². The van der Waals surface area contributed by atoms with Crippen LogP contribution in [0.1, 0.15) is 42.5 Å². The molecule has 0 spiro atoms. The number of halogens is 2. The molecule has 1 aliphatic rings. The number of ether oxygens (including phenoxy) is 1. The SMILES string of the molecule is O=C(NCCOC1CCCCC1)c1cc(Cl)cc(Br)c1. The van der Waals surface area contributed by atoms with Crippen molar-refractivity contribution in [3.8, 4) is 0 Å². The fraction of sp³-hybridized carbons (Fsp3) is 0.533. The Hall–Kier alpha value is -0.580. The van der Waals surface area contributed by atoms with Crippen LogP contribution in [0.25, 0.3) is 0 Å². The molecule has 0 radical (unpaired) electrons. The average molecular weight is 361 g/mol. The Kier molecular flexibility index (Phi) is 6.33. The largest absolute Gasteiger partial charge is 0.376 e. The highest BCUT2D eigenvalue weighted by molar-refractivity contribution is 9.10. The van der Waals surface area contributed by atoms with Crippen LogP contribution >= 0.6 is 27.5 Å². The van der Waals surface area contributed by atoms with Crippen LogP contribution in [0.2, 0.25) is 5.02 Å². The molecule has 1 N–H and O–H groups in total. The van der Waals surface area contributed by atoms with Crippen LogP contribution in [0.4, 0.5) is 0 Å². The molecule has 1 aromatic rings. The number of nitrogens with one attached hydrogen (secondary N) is 1. The van der Waals surface area contributed by atoms with Gasteiger partial charge in [-0.25, -0.2) is 0 Å². The van der Waals surface area contributed by atoms with Gasteiger partial charge >= 0.3 is 0 Å². The van der Waals surface area contributed by atoms with Gasteiger partial charge in [0.25, 0.3) is 5.91 Å². The summed E-state index contributed by atoms with van der Waals surface area (Å²) < 4.78 is 6.57. The molecule has 5 heteroatoms. The quantitative estimate of drug-likeness (QED) is 0.800. The third-order valence-corrected chi connectivity index (χ3v) is 4.09. The number of carbonyl (C=O) groups excluding carboxylic acids is 1. The van der Waals surface area contributed by atoms with Crippen LogP contribution in [0, 0.1) is 0 Å². The Morgan fingerprint density at radius 2 is 2.05 bits per heavy atom. The first kappa shape index (κ1) is 15.8. The maximum Gasteiger partial charge on any atom is 0.251 e. The summed E-state index contributed by atoms with van der Waals surface area (Å²) in [6.07, 6.45) is 6.51. The smallest absolute Gasteiger partial charge is 0.251 e. The van der Waals surface area contributed by atoms with E-state index in [2.05, 4.69) is 21.2 Å². The second kappa shape index (κ2) is 8.01. The van der Waals surface area contributed by atoms with Gasteiger partial charge in [-0.2, -0.15) is 0 Å². The minimum Gasteiger partial charge on any atom is -0.376 e. The summed E-state index contributed by atoms with van der Waals surface area (Å²) in [6.45, 7) is 1.09. The van der Waals surface area contributed by atoms with Crippen LogP contribution in [-0.2, 0) is 4.74 Å². The van der Waals surface area contributed by atoms with Crippen molar-refractivity contribution in [2.24, 2.45) is 0 Å². The third-order valence-electron chi connectivity index (χ3n) is 3.42. The van der Waals surface area contributed by atoms with Crippen molar-refractivity contribution >= 4 is 33.4 Å². The lowest BCUT2D eigenvalue weighted by Gasteiger charge is -2.22. The lowest BCUT2D eigenvalue weighted by molar-refractivity contribution is 0.0299. The Balaban J connectivity index is 1.71. The van der Waals surface area contributed by atoms with E-state index in [1.807, 2.05) is 0 Å². The molecule has 0 saturated heterocycles. The van der Waals surface area contributed by atoms with Crippen molar-refractivity contribution in [1.82, 2.24) is 5.32 Å². The summed E-state index contributed by atoms with van der Waals surface area (Å²) in [6, 6.07) is 5.16. The fourth-order valence-corrected chi connectivity index (χ4v) is 3.27. The minimum absolute atomic E-state index is 0.125. The van der Waals surface area contributed by atoms with E-state index in [1.54, 1.807) is 18.2 Å². The monoisotopic (exact) mass is 359 g/mol. The molecule has 1 aromatic carbocycles. The number of rotatable bonds is 5. The van der Waals surface area contributed by atoms with E-state index in [-0.39, 0.29) is 5.91 Å². The van der Waals surface area contributed by atoms with Crippen LogP contribution in [0.3, 0.4) is 0 Å². The molecule has 0 aliphatic heterocycles. The van der Waals surface area contributed by atoms with Gasteiger partial charge in [0.05, 0.1) is 12.7 Å². The molecule has 3 nitrogen and oxygen atoms in total. The fourth-order valence-electron chi connectivity index (χ4n) is 2.41. The number of benzene rings is 1. The van der Waals surface area contributed by atoms with Gasteiger partial charge in [0.15, 0.2) is 0 Å². The zero-order valence-electron chi connectivity index (χ0n) is 11.3. The molecule has 1 amide bonds. The van der Waals surface area contributed by atoms with Gasteiger partial charge in [0.1, 0.15) is 0 Å². The van der Waals surface area contributed by atoms with E-state index in [4.69, 9.17) is 16.3 Å². The lowest BCUT2D eigenvalue weighted by atomic mass is 9.98. The van der Waals surface area contributed by atoms with Gasteiger partial charge in [0.2, 0.25) is 0 Å². The summed E-state index contributed by atoms with van der Waals surface area (Å²) in [7, 11) is 0. The summed E-state index contributed by atoms with van der Waals surface area (Å²) in [4.78, 5) is 12.0. The molecule has 0 unspecified atom stereocenters. The summed E-state index contributed by atoms with van der Waals surface area (Å²) >= 11 is 9.25. The van der Waals surface area contributed by atoms with Crippen molar-refractivity contribution in [3.05, 3.63) is 33.3 Å². The van der Waals surface area contributed by atoms with Gasteiger partial charge < -0.3 is 10.1 Å². The van der Waals surface area contributed by atoms with Crippen molar-refractivity contribution < 1.29 is 9.53 Å². The predicted octanol–water partition coefficient (Wildman–Crippen LogP) is 4.18. The molecule has 110 valence electrons. The van der Waals surface area contributed by atoms with Crippen molar-refractivity contribution in [1.29, 1.82) is 0 Å². The van der Waals surface area contributed by atoms with Crippen molar-refractivity contribution in [3.63, 3.8) is 0 Å². The first-order valence-electron chi connectivity index (χ1n) is 7.01. The van der Waals surface area contributed by atoms with E-state index >= 15 is 0 Å². The summed E-state index contributed by atoms with van der Waals surface area (Å²) in [5.41, 5.74) is 0.557. The van der Waals surface area contributed by atoms with Gasteiger partial charge in [-0.3, -0.25) is 4.79 Å². The maximum atomic E-state index is 12.0. The molecule has 20 heavy (non-hydrogen) atoms. The zero-order valence-corrected chi connectivity index (χ0v) is 13.7. The first-order valence-corrected chi connectivity index (χ1v) is 8.18. The summed E-state index contributed by atoms with van der Waals surface area (Å²) in [5, 5.41) is 3.39. The van der Waals surface area contributed by atoms with Crippen molar-refractivity contribution in [2.75, 3.05) is 13.2 Å². The average Bonchev–Trinajstić information content (AvgIpc) is 2.43. The number of amides is 1. The van der Waals surface area contributed by atoms with E-state index in [0.29, 0.717) is 29.8 Å². The molecular weight excluding hydrogens is 342 g/mol. The Morgan fingerprint density at radius 1 is 1.30 bits per heavy atom. The second-order valence-electron chi connectivity index (χ2n) is 5.04. The molecule has 0 bridgehead atoms. The van der Waals surface area contributed by atoms with E-state index < -0.39 is 0 Å². The molecule has 0 aromatic heterocycles. The van der Waals surface area contributed by atoms with Crippen LogP contribution < -0.4 is 5.32 Å². The Morgan fingerprint density at radius 3 is 2.75 bits per heavy atom. The molecule has 0 atom stereocenters. The second-order valence-corrected chi connectivity index (χ2v) is 6.40. The Labute approximate surface area is 133 Å². The number of hydrogen-bond donors (Lipinski definition) is 1.